The molecule has 0 saturated heterocycles. The van der Waals surface area contributed by atoms with Crippen LogP contribution < -0.4 is 10.6 Å². The second-order valence-corrected chi connectivity index (χ2v) is 4.27. The van der Waals surface area contributed by atoms with Crippen LogP contribution in [0.4, 0.5) is 11.5 Å². The molecule has 0 spiro atoms. The van der Waals surface area contributed by atoms with Gasteiger partial charge in [0.15, 0.2) is 0 Å². The molecular formula is C14H15N3. The first-order chi connectivity index (χ1) is 8.43. The van der Waals surface area contributed by atoms with Crippen molar-refractivity contribution in [3.8, 4) is 0 Å². The summed E-state index contributed by atoms with van der Waals surface area (Å²) in [6.07, 6.45) is 1.82. The molecule has 0 saturated carbocycles. The van der Waals surface area contributed by atoms with E-state index in [1.54, 1.807) is 0 Å². The van der Waals surface area contributed by atoms with Crippen LogP contribution in [0.1, 0.15) is 11.5 Å². The van der Waals surface area contributed by atoms with Gasteiger partial charge in [0.2, 0.25) is 0 Å². The van der Waals surface area contributed by atoms with Gasteiger partial charge >= 0.3 is 0 Å². The van der Waals surface area contributed by atoms with Crippen molar-refractivity contribution in [1.82, 2.24) is 4.98 Å². The molecule has 0 aliphatic carbocycles. The summed E-state index contributed by atoms with van der Waals surface area (Å²) in [7, 11) is 0. The van der Waals surface area contributed by atoms with Gasteiger partial charge in [0.1, 0.15) is 5.82 Å². The smallest absolute Gasteiger partial charge is 0.149 e. The normalized spacial score (nSPS) is 18.5. The van der Waals surface area contributed by atoms with E-state index in [-0.39, 0.29) is 0 Å². The highest BCUT2D eigenvalue weighted by atomic mass is 15.1. The van der Waals surface area contributed by atoms with Gasteiger partial charge in [-0.15, -0.1) is 0 Å². The summed E-state index contributed by atoms with van der Waals surface area (Å²) in [6.45, 7) is 1.86. The second kappa shape index (κ2) is 4.45. The van der Waals surface area contributed by atoms with Gasteiger partial charge < -0.3 is 10.6 Å². The van der Waals surface area contributed by atoms with Crippen LogP contribution in [-0.4, -0.2) is 18.1 Å². The number of rotatable bonds is 1. The summed E-state index contributed by atoms with van der Waals surface area (Å²) >= 11 is 0. The number of anilines is 2. The third-order valence-electron chi connectivity index (χ3n) is 3.13. The van der Waals surface area contributed by atoms with E-state index in [0.29, 0.717) is 5.92 Å². The number of pyridine rings is 1. The molecule has 0 bridgehead atoms. The van der Waals surface area contributed by atoms with Crippen molar-refractivity contribution in [3.05, 3.63) is 54.2 Å². The summed E-state index contributed by atoms with van der Waals surface area (Å²) in [4.78, 5) is 4.33. The van der Waals surface area contributed by atoms with Gasteiger partial charge in [-0.25, -0.2) is 4.98 Å². The van der Waals surface area contributed by atoms with E-state index in [1.165, 1.54) is 5.56 Å². The zero-order chi connectivity index (χ0) is 11.5. The molecule has 1 aliphatic rings. The Balaban J connectivity index is 1.82. The topological polar surface area (TPSA) is 37.0 Å². The van der Waals surface area contributed by atoms with Gasteiger partial charge in [-0.2, -0.15) is 0 Å². The van der Waals surface area contributed by atoms with Crippen molar-refractivity contribution >= 4 is 11.5 Å². The molecule has 1 aromatic carbocycles. The lowest BCUT2D eigenvalue weighted by molar-refractivity contribution is 0.766. The molecule has 1 atom stereocenters. The van der Waals surface area contributed by atoms with Crippen LogP contribution in [0, 0.1) is 0 Å². The Bertz CT molecular complexity index is 469. The number of nitrogens with one attached hydrogen (secondary N) is 2. The Labute approximate surface area is 101 Å². The fraction of sp³-hybridized carbons (Fsp3) is 0.214. The number of aromatic nitrogens is 1. The van der Waals surface area contributed by atoms with Gasteiger partial charge in [-0.05, 0) is 17.7 Å². The number of hydrogen-bond donors (Lipinski definition) is 2. The number of nitrogens with zero attached hydrogens (tertiary/aromatic N) is 1. The molecule has 1 aliphatic heterocycles. The molecule has 1 unspecified atom stereocenters. The summed E-state index contributed by atoms with van der Waals surface area (Å²) in [6, 6.07) is 14.6. The highest BCUT2D eigenvalue weighted by Crippen LogP contribution is 2.25. The van der Waals surface area contributed by atoms with Gasteiger partial charge in [-0.3, -0.25) is 0 Å². The molecule has 86 valence electrons. The molecule has 0 fully saturated rings. The van der Waals surface area contributed by atoms with E-state index in [4.69, 9.17) is 0 Å². The summed E-state index contributed by atoms with van der Waals surface area (Å²) in [5.74, 6) is 1.43. The van der Waals surface area contributed by atoms with E-state index in [9.17, 15) is 0 Å². The summed E-state index contributed by atoms with van der Waals surface area (Å²) in [5, 5.41) is 6.85. The lowest BCUT2D eigenvalue weighted by Gasteiger charge is -2.14. The molecule has 2 heterocycles. The van der Waals surface area contributed by atoms with Crippen LogP contribution >= 0.6 is 0 Å². The van der Waals surface area contributed by atoms with Crippen LogP contribution in [0.25, 0.3) is 0 Å². The zero-order valence-corrected chi connectivity index (χ0v) is 9.56. The van der Waals surface area contributed by atoms with Gasteiger partial charge in [0.05, 0.1) is 5.69 Å². The van der Waals surface area contributed by atoms with E-state index in [1.807, 2.05) is 12.3 Å². The van der Waals surface area contributed by atoms with Crippen molar-refractivity contribution in [2.24, 2.45) is 0 Å². The molecule has 3 nitrogen and oxygen atoms in total. The molecule has 0 amide bonds. The first kappa shape index (κ1) is 10.1. The SMILES string of the molecule is c1ccc(C2CNc3cccnc3NC2)cc1. The molecule has 3 heteroatoms. The monoisotopic (exact) mass is 225 g/mol. The minimum Gasteiger partial charge on any atom is -0.381 e. The number of benzene rings is 1. The molecule has 3 rings (SSSR count). The van der Waals surface area contributed by atoms with Crippen molar-refractivity contribution in [3.63, 3.8) is 0 Å². The first-order valence-corrected chi connectivity index (χ1v) is 5.91. The minimum absolute atomic E-state index is 0.477. The largest absolute Gasteiger partial charge is 0.381 e. The lowest BCUT2D eigenvalue weighted by atomic mass is 9.99. The maximum Gasteiger partial charge on any atom is 0.149 e. The van der Waals surface area contributed by atoms with Gasteiger partial charge in [0, 0.05) is 25.2 Å². The standard InChI is InChI=1S/C14H15N3/c1-2-5-11(6-3-1)12-9-16-13-7-4-8-15-14(13)17-10-12/h1-8,12,16H,9-10H2,(H,15,17). The highest BCUT2D eigenvalue weighted by molar-refractivity contribution is 5.65. The number of fused-ring (bicyclic) bond motifs is 1. The Morgan fingerprint density at radius 2 is 1.76 bits per heavy atom. The van der Waals surface area contributed by atoms with Crippen molar-refractivity contribution in [2.75, 3.05) is 23.7 Å². The van der Waals surface area contributed by atoms with Crippen molar-refractivity contribution in [1.29, 1.82) is 0 Å². The predicted octanol–water partition coefficient (Wildman–Crippen LogP) is 2.70. The molecule has 0 radical (unpaired) electrons. The van der Waals surface area contributed by atoms with Crippen LogP contribution in [0.5, 0.6) is 0 Å². The Kier molecular flexibility index (Phi) is 2.66. The summed E-state index contributed by atoms with van der Waals surface area (Å²) in [5.41, 5.74) is 2.45. The van der Waals surface area contributed by atoms with Crippen molar-refractivity contribution in [2.45, 2.75) is 5.92 Å². The molecule has 17 heavy (non-hydrogen) atoms. The van der Waals surface area contributed by atoms with Crippen molar-refractivity contribution < 1.29 is 0 Å². The fourth-order valence-corrected chi connectivity index (χ4v) is 2.17. The summed E-state index contributed by atoms with van der Waals surface area (Å²) < 4.78 is 0. The Morgan fingerprint density at radius 3 is 2.65 bits per heavy atom. The molecular weight excluding hydrogens is 210 g/mol. The third-order valence-corrected chi connectivity index (χ3v) is 3.13. The van der Waals surface area contributed by atoms with E-state index in [0.717, 1.165) is 24.6 Å². The quantitative estimate of drug-likeness (QED) is 0.783. The maximum absolute atomic E-state index is 4.33. The lowest BCUT2D eigenvalue weighted by Crippen LogP contribution is -2.16. The van der Waals surface area contributed by atoms with Gasteiger partial charge in [-0.1, -0.05) is 30.3 Å². The molecule has 2 aromatic rings. The third kappa shape index (κ3) is 2.09. The molecule has 1 aromatic heterocycles. The highest BCUT2D eigenvalue weighted by Gasteiger charge is 2.16. The first-order valence-electron chi connectivity index (χ1n) is 5.91. The Morgan fingerprint density at radius 1 is 0.941 bits per heavy atom. The average Bonchev–Trinajstić information content (AvgIpc) is 2.62. The van der Waals surface area contributed by atoms with E-state index in [2.05, 4.69) is 52.0 Å². The zero-order valence-electron chi connectivity index (χ0n) is 9.56. The molecule has 2 N–H and O–H groups in total. The predicted molar refractivity (Wildman–Crippen MR) is 70.4 cm³/mol. The van der Waals surface area contributed by atoms with E-state index >= 15 is 0 Å². The van der Waals surface area contributed by atoms with Crippen LogP contribution in [0.15, 0.2) is 48.7 Å². The van der Waals surface area contributed by atoms with Gasteiger partial charge in [0.25, 0.3) is 0 Å². The van der Waals surface area contributed by atoms with E-state index < -0.39 is 0 Å². The van der Waals surface area contributed by atoms with Crippen LogP contribution in [-0.2, 0) is 0 Å². The minimum atomic E-state index is 0.477. The number of hydrogen-bond acceptors (Lipinski definition) is 3. The average molecular weight is 225 g/mol. The fourth-order valence-electron chi connectivity index (χ4n) is 2.17. The van der Waals surface area contributed by atoms with Crippen LogP contribution in [0.2, 0.25) is 0 Å². The van der Waals surface area contributed by atoms with Crippen LogP contribution in [0.3, 0.4) is 0 Å². The maximum atomic E-state index is 4.33. The Hall–Kier alpha value is -2.03. The second-order valence-electron chi connectivity index (χ2n) is 4.27.